The van der Waals surface area contributed by atoms with Crippen molar-refractivity contribution in [1.29, 1.82) is 0 Å². The van der Waals surface area contributed by atoms with Crippen LogP contribution in [0.2, 0.25) is 0 Å². The molecule has 1 aromatic carbocycles. The molecule has 1 saturated heterocycles. The van der Waals surface area contributed by atoms with Crippen LogP contribution >= 0.6 is 34.9 Å². The number of thioether (sulfide) groups is 2. The Hall–Kier alpha value is -3.29. The van der Waals surface area contributed by atoms with Gasteiger partial charge < -0.3 is 25.8 Å². The number of rotatable bonds is 10. The van der Waals surface area contributed by atoms with Gasteiger partial charge in [0.15, 0.2) is 10.8 Å². The number of nitrogen functional groups attached to an aromatic ring is 1. The number of thiazole rings is 1. The molecular weight excluding hydrogens is 603 g/mol. The van der Waals surface area contributed by atoms with Gasteiger partial charge in [-0.05, 0) is 21.6 Å². The van der Waals surface area contributed by atoms with E-state index in [0.717, 1.165) is 33.6 Å². The number of nitrogens with two attached hydrogens (primary N) is 1. The topological polar surface area (TPSA) is 206 Å². The molecule has 2 aromatic heterocycles. The number of aliphatic carboxylic acids is 1. The number of hydrogen-bond donors (Lipinski definition) is 2. The normalized spacial score (nSPS) is 18.5. The largest absolute Gasteiger partial charge is 1.00 e. The van der Waals surface area contributed by atoms with Crippen LogP contribution < -0.4 is 45.7 Å². The molecule has 2 aliphatic heterocycles. The van der Waals surface area contributed by atoms with Gasteiger partial charge in [0.2, 0.25) is 5.16 Å². The smallest absolute Gasteiger partial charge is 0.543 e. The molecule has 1 fully saturated rings. The van der Waals surface area contributed by atoms with Gasteiger partial charge in [0.05, 0.1) is 17.9 Å². The molecule has 3 aromatic rings. The third kappa shape index (κ3) is 6.62. The fourth-order valence-electron chi connectivity index (χ4n) is 3.83. The van der Waals surface area contributed by atoms with Crippen LogP contribution in [0.4, 0.5) is 5.13 Å². The second kappa shape index (κ2) is 13.6. The maximum absolute atomic E-state index is 13.0. The number of carbonyl (C=O) groups is 3. The average Bonchev–Trinajstić information content (AvgIpc) is 3.60. The van der Waals surface area contributed by atoms with Crippen LogP contribution in [0.1, 0.15) is 11.3 Å². The summed E-state index contributed by atoms with van der Waals surface area (Å²) in [4.78, 5) is 49.2. The first kappa shape index (κ1) is 30.7. The van der Waals surface area contributed by atoms with E-state index in [0.29, 0.717) is 10.7 Å². The van der Waals surface area contributed by atoms with Gasteiger partial charge in [0.1, 0.15) is 24.2 Å². The molecule has 2 aliphatic rings. The van der Waals surface area contributed by atoms with Crippen LogP contribution in [0.5, 0.6) is 0 Å². The van der Waals surface area contributed by atoms with Crippen molar-refractivity contribution >= 4 is 69.7 Å². The summed E-state index contributed by atoms with van der Waals surface area (Å²) >= 11 is 3.58. The summed E-state index contributed by atoms with van der Waals surface area (Å²) in [6, 6.07) is 8.37. The molecule has 19 heteroatoms. The summed E-state index contributed by atoms with van der Waals surface area (Å²) < 4.78 is 0. The number of benzene rings is 1. The minimum absolute atomic E-state index is 0. The minimum Gasteiger partial charge on any atom is -0.543 e. The first-order chi connectivity index (χ1) is 19.4. The van der Waals surface area contributed by atoms with Gasteiger partial charge in [-0.1, -0.05) is 52.3 Å². The van der Waals surface area contributed by atoms with Crippen LogP contribution in [0, 0.1) is 0 Å². The molecule has 206 valence electrons. The number of nitrogens with one attached hydrogen (secondary N) is 1. The van der Waals surface area contributed by atoms with Gasteiger partial charge in [0, 0.05) is 16.9 Å². The number of β-lactam (4-membered cyclic amide) rings is 1. The van der Waals surface area contributed by atoms with Crippen LogP contribution in [0.3, 0.4) is 0 Å². The van der Waals surface area contributed by atoms with Crippen molar-refractivity contribution in [2.45, 2.75) is 16.6 Å². The Bertz CT molecular complexity index is 1540. The van der Waals surface area contributed by atoms with Crippen molar-refractivity contribution in [3.63, 3.8) is 0 Å². The third-order valence-electron chi connectivity index (χ3n) is 5.61. The zero-order valence-electron chi connectivity index (χ0n) is 21.5. The quantitative estimate of drug-likeness (QED) is 0.0733. The molecule has 0 bridgehead atoms. The average molecular weight is 623 g/mol. The molecule has 5 rings (SSSR count). The molecule has 3 N–H and O–H groups in total. The molecule has 0 aliphatic carbocycles. The zero-order valence-corrected chi connectivity index (χ0v) is 26.0. The van der Waals surface area contributed by atoms with E-state index in [1.807, 2.05) is 30.3 Å². The molecule has 2 atom stereocenters. The summed E-state index contributed by atoms with van der Waals surface area (Å²) in [5.41, 5.74) is 6.73. The van der Waals surface area contributed by atoms with E-state index in [1.54, 1.807) is 6.21 Å². The number of aromatic nitrogens is 5. The van der Waals surface area contributed by atoms with E-state index in [1.165, 1.54) is 29.0 Å². The van der Waals surface area contributed by atoms with Crippen molar-refractivity contribution in [2.24, 2.45) is 10.3 Å². The van der Waals surface area contributed by atoms with Crippen LogP contribution in [0.25, 0.3) is 0 Å². The van der Waals surface area contributed by atoms with E-state index in [2.05, 4.69) is 36.1 Å². The third-order valence-corrected chi connectivity index (χ3v) is 8.62. The summed E-state index contributed by atoms with van der Waals surface area (Å²) in [5, 5.41) is 35.5. The summed E-state index contributed by atoms with van der Waals surface area (Å²) in [6.07, 6.45) is 1.59. The molecule has 0 spiro atoms. The van der Waals surface area contributed by atoms with Gasteiger partial charge in [-0.2, -0.15) is 5.10 Å². The minimum atomic E-state index is -1.50. The summed E-state index contributed by atoms with van der Waals surface area (Å²) in [6.45, 7) is 0. The number of anilines is 1. The monoisotopic (exact) mass is 622 g/mol. The predicted molar refractivity (Wildman–Crippen MR) is 145 cm³/mol. The zero-order chi connectivity index (χ0) is 28.2. The molecule has 2 amide bonds. The van der Waals surface area contributed by atoms with Gasteiger partial charge in [-0.25, -0.2) is 4.98 Å². The van der Waals surface area contributed by atoms with Crippen molar-refractivity contribution in [3.8, 4) is 0 Å². The number of carboxylic acids is 1. The van der Waals surface area contributed by atoms with Crippen molar-refractivity contribution in [1.82, 2.24) is 35.5 Å². The Morgan fingerprint density at radius 1 is 1.34 bits per heavy atom. The van der Waals surface area contributed by atoms with Crippen LogP contribution in [-0.2, 0) is 19.2 Å². The van der Waals surface area contributed by atoms with E-state index >= 15 is 0 Å². The van der Waals surface area contributed by atoms with Crippen molar-refractivity contribution in [2.75, 3.05) is 24.3 Å². The molecular formula is C22H19N10NaO5S3. The Morgan fingerprint density at radius 3 is 2.80 bits per heavy atom. The predicted octanol–water partition coefficient (Wildman–Crippen LogP) is -3.86. The van der Waals surface area contributed by atoms with Crippen LogP contribution in [0.15, 0.2) is 62.4 Å². The van der Waals surface area contributed by atoms with Gasteiger partial charge in [-0.15, -0.1) is 27.9 Å². The Morgan fingerprint density at radius 2 is 2.12 bits per heavy atom. The SMILES string of the molecule is CO/N=C(\C(=O)N[C@@H]1C(=O)N2C(C(=O)[O-])=C(CSc3nnnn3N=Cc3ccccc3)CS[C@@H]12)c1csc(N)n1.[Na+]. The maximum Gasteiger partial charge on any atom is 1.00 e. The van der Waals surface area contributed by atoms with Crippen LogP contribution in [-0.4, -0.2) is 89.9 Å². The molecule has 0 saturated carbocycles. The summed E-state index contributed by atoms with van der Waals surface area (Å²) in [5.74, 6) is -2.37. The number of hydrogen-bond acceptors (Lipinski definition) is 15. The van der Waals surface area contributed by atoms with E-state index in [-0.39, 0.29) is 63.3 Å². The standard InChI is InChI=1S/C22H20N10O5S3.Na/c1-37-28-14(13-10-39-21(23)25-13)17(33)26-15-18(34)31-16(20(35)36)12(8-38-19(15)31)9-40-22-27-29-30-32(22)24-7-11-5-3-2-4-6-11;/h2-7,10,15,19H,8-9H2,1H3,(H2,23,25)(H,26,33)(H,35,36);/q;+1/p-1/b24-7?,28-14-;/t15-,19+;/m1./s1. The van der Waals surface area contributed by atoms with Crippen molar-refractivity contribution in [3.05, 3.63) is 58.2 Å². The first-order valence-corrected chi connectivity index (χ1v) is 14.3. The fraction of sp³-hybridized carbons (Fsp3) is 0.227. The molecule has 15 nitrogen and oxygen atoms in total. The molecule has 41 heavy (non-hydrogen) atoms. The first-order valence-electron chi connectivity index (χ1n) is 11.4. The maximum atomic E-state index is 13.0. The van der Waals surface area contributed by atoms with E-state index in [4.69, 9.17) is 10.6 Å². The second-order valence-corrected chi connectivity index (χ2v) is 11.0. The summed E-state index contributed by atoms with van der Waals surface area (Å²) in [7, 11) is 1.26. The Balaban J connectivity index is 0.00000387. The fourth-order valence-corrected chi connectivity index (χ4v) is 6.69. The van der Waals surface area contributed by atoms with E-state index in [9.17, 15) is 19.5 Å². The van der Waals surface area contributed by atoms with Crippen molar-refractivity contribution < 1.29 is 53.9 Å². The Kier molecular flexibility index (Phi) is 10.2. The second-order valence-electron chi connectivity index (χ2n) is 8.09. The number of carbonyl (C=O) groups excluding carboxylic acids is 3. The molecule has 0 radical (unpaired) electrons. The number of carboxylic acid groups (broad SMARTS) is 1. The molecule has 4 heterocycles. The number of fused-ring (bicyclic) bond motifs is 1. The van der Waals surface area contributed by atoms with E-state index < -0.39 is 29.2 Å². The number of tetrazole rings is 1. The number of amides is 2. The number of oxime groups is 1. The molecule has 0 unspecified atom stereocenters. The van der Waals surface area contributed by atoms with Gasteiger partial charge in [0.25, 0.3) is 11.8 Å². The Labute approximate surface area is 266 Å². The number of nitrogens with zero attached hydrogens (tertiary/aromatic N) is 8. The van der Waals surface area contributed by atoms with Gasteiger partial charge >= 0.3 is 29.6 Å². The van der Waals surface area contributed by atoms with Gasteiger partial charge in [-0.3, -0.25) is 14.5 Å².